The highest BCUT2D eigenvalue weighted by molar-refractivity contribution is 6.10. The zero-order chi connectivity index (χ0) is 35.2. The Kier molecular flexibility index (Phi) is 9.08. The predicted octanol–water partition coefficient (Wildman–Crippen LogP) is 9.16. The average molecular weight is 679 g/mol. The number of nitrogens with one attached hydrogen (secondary N) is 1. The molecule has 0 amide bonds. The van der Waals surface area contributed by atoms with E-state index in [4.69, 9.17) is 0 Å². The second-order valence-electron chi connectivity index (χ2n) is 15.8. The van der Waals surface area contributed by atoms with E-state index in [-0.39, 0.29) is 11.7 Å². The lowest BCUT2D eigenvalue weighted by Gasteiger charge is -2.46. The summed E-state index contributed by atoms with van der Waals surface area (Å²) in [6.45, 7) is 6.77. The highest BCUT2D eigenvalue weighted by Gasteiger charge is 2.57. The van der Waals surface area contributed by atoms with E-state index in [0.29, 0.717) is 36.9 Å². The molecule has 1 aliphatic heterocycles. The highest BCUT2D eigenvalue weighted by Crippen LogP contribution is 2.59. The van der Waals surface area contributed by atoms with Crippen molar-refractivity contribution in [3.8, 4) is 11.1 Å². The Morgan fingerprint density at radius 3 is 2.49 bits per heavy atom. The standard InChI is InChI=1S/C46H50N2O3/c1-31-9-8-24-45(2)41(22-25-46(45,51)30-48-26-23-39-38-12-6-7-13-42(38)47-43(39)29-48)37-21-15-32(27-36(49)20-14-31)28-40(37)44(50)35-18-16-34(17-19-35)33-10-4-3-5-11-33/h3-7,9-13,15-19,21,28,36,41,47,49,51H,8,14,20,22-27,29-30H2,1-2H3/t36-,41-,45-,46+/m0/s1. The van der Waals surface area contributed by atoms with Crippen LogP contribution in [0.1, 0.15) is 96.6 Å². The van der Waals surface area contributed by atoms with Crippen molar-refractivity contribution in [3.05, 3.63) is 142 Å². The molecule has 5 heteroatoms. The normalized spacial score (nSPS) is 25.6. The maximum absolute atomic E-state index is 14.6. The molecule has 262 valence electrons. The molecule has 51 heavy (non-hydrogen) atoms. The van der Waals surface area contributed by atoms with E-state index in [2.05, 4.69) is 78.3 Å². The van der Waals surface area contributed by atoms with Crippen LogP contribution in [0.2, 0.25) is 0 Å². The summed E-state index contributed by atoms with van der Waals surface area (Å²) in [5.41, 5.74) is 9.34. The van der Waals surface area contributed by atoms with Gasteiger partial charge < -0.3 is 15.2 Å². The van der Waals surface area contributed by atoms with E-state index in [0.717, 1.165) is 67.4 Å². The molecule has 4 atom stereocenters. The topological polar surface area (TPSA) is 76.6 Å². The summed E-state index contributed by atoms with van der Waals surface area (Å²) >= 11 is 0. The molecule has 1 aromatic heterocycles. The van der Waals surface area contributed by atoms with Gasteiger partial charge in [-0.2, -0.15) is 0 Å². The van der Waals surface area contributed by atoms with E-state index >= 15 is 0 Å². The van der Waals surface area contributed by atoms with Gasteiger partial charge in [-0.1, -0.05) is 104 Å². The first-order chi connectivity index (χ1) is 24.7. The van der Waals surface area contributed by atoms with Crippen molar-refractivity contribution in [1.29, 1.82) is 0 Å². The van der Waals surface area contributed by atoms with Crippen LogP contribution in [0, 0.1) is 5.41 Å². The van der Waals surface area contributed by atoms with Crippen molar-refractivity contribution in [3.63, 3.8) is 0 Å². The number of carbonyl (C=O) groups excluding carboxylic acids is 1. The van der Waals surface area contributed by atoms with Crippen molar-refractivity contribution in [2.24, 2.45) is 5.41 Å². The lowest BCUT2D eigenvalue weighted by Crippen LogP contribution is -2.53. The van der Waals surface area contributed by atoms with Gasteiger partial charge in [0, 0.05) is 52.8 Å². The monoisotopic (exact) mass is 678 g/mol. The van der Waals surface area contributed by atoms with Crippen LogP contribution in [0.5, 0.6) is 0 Å². The Morgan fingerprint density at radius 2 is 1.67 bits per heavy atom. The van der Waals surface area contributed by atoms with Gasteiger partial charge in [0.15, 0.2) is 5.78 Å². The van der Waals surface area contributed by atoms with Gasteiger partial charge in [-0.05, 0) is 104 Å². The van der Waals surface area contributed by atoms with E-state index in [9.17, 15) is 15.0 Å². The minimum Gasteiger partial charge on any atom is -0.393 e. The lowest BCUT2D eigenvalue weighted by molar-refractivity contribution is -0.0857. The molecule has 0 saturated heterocycles. The van der Waals surface area contributed by atoms with Gasteiger partial charge in [0.2, 0.25) is 0 Å². The Bertz CT molecular complexity index is 2080. The van der Waals surface area contributed by atoms with Gasteiger partial charge in [0.05, 0.1) is 11.7 Å². The van der Waals surface area contributed by atoms with Crippen LogP contribution in [0.25, 0.3) is 22.0 Å². The first-order valence-corrected chi connectivity index (χ1v) is 18.9. The number of aliphatic hydroxyl groups excluding tert-OH is 1. The van der Waals surface area contributed by atoms with E-state index in [1.165, 1.54) is 27.7 Å². The molecule has 4 aliphatic rings. The van der Waals surface area contributed by atoms with Crippen LogP contribution >= 0.6 is 0 Å². The van der Waals surface area contributed by atoms with Gasteiger partial charge in [-0.15, -0.1) is 0 Å². The number of aliphatic hydroxyl groups is 2. The van der Waals surface area contributed by atoms with Crippen molar-refractivity contribution in [2.45, 2.75) is 89.4 Å². The maximum Gasteiger partial charge on any atom is 0.193 e. The molecule has 2 heterocycles. The number of fused-ring (bicyclic) bond motifs is 11. The van der Waals surface area contributed by atoms with E-state index in [1.807, 2.05) is 48.5 Å². The van der Waals surface area contributed by atoms with Gasteiger partial charge in [-0.3, -0.25) is 9.69 Å². The number of ketones is 1. The molecule has 4 aromatic carbocycles. The minimum absolute atomic E-state index is 0.00365. The summed E-state index contributed by atoms with van der Waals surface area (Å²) in [6.07, 6.45) is 8.02. The number of carbonyl (C=O) groups is 1. The molecule has 9 rings (SSSR count). The second kappa shape index (κ2) is 13.7. The first-order valence-electron chi connectivity index (χ1n) is 18.9. The summed E-state index contributed by atoms with van der Waals surface area (Å²) < 4.78 is 0. The molecule has 0 unspecified atom stereocenters. The Labute approximate surface area is 302 Å². The number of allylic oxidation sites excluding steroid dienone is 2. The van der Waals surface area contributed by atoms with E-state index < -0.39 is 17.1 Å². The molecular formula is C46H50N2O3. The first kappa shape index (κ1) is 33.8. The number of nitrogens with zero attached hydrogens (tertiary/aromatic N) is 1. The summed E-state index contributed by atoms with van der Waals surface area (Å²) in [7, 11) is 0. The number of aromatic amines is 1. The lowest BCUT2D eigenvalue weighted by atomic mass is 9.64. The third-order valence-electron chi connectivity index (χ3n) is 12.6. The molecule has 1 fully saturated rings. The van der Waals surface area contributed by atoms with Crippen LogP contribution < -0.4 is 0 Å². The Balaban J connectivity index is 1.15. The quantitative estimate of drug-likeness (QED) is 0.128. The van der Waals surface area contributed by atoms with Crippen molar-refractivity contribution < 1.29 is 15.0 Å². The number of para-hydroxylation sites is 1. The average Bonchev–Trinajstić information content (AvgIpc) is 3.63. The fourth-order valence-electron chi connectivity index (χ4n) is 9.55. The maximum atomic E-state index is 14.6. The fraction of sp³-hybridized carbons (Fsp3) is 0.370. The van der Waals surface area contributed by atoms with E-state index in [1.54, 1.807) is 0 Å². The molecule has 5 aromatic rings. The Hall–Kier alpha value is -4.29. The molecule has 0 radical (unpaired) electrons. The Morgan fingerprint density at radius 1 is 0.902 bits per heavy atom. The van der Waals surface area contributed by atoms with Crippen LogP contribution in [0.15, 0.2) is 109 Å². The van der Waals surface area contributed by atoms with Crippen LogP contribution in [-0.2, 0) is 19.4 Å². The zero-order valence-electron chi connectivity index (χ0n) is 30.0. The highest BCUT2D eigenvalue weighted by atomic mass is 16.3. The summed E-state index contributed by atoms with van der Waals surface area (Å²) in [6, 6.07) is 33.1. The predicted molar refractivity (Wildman–Crippen MR) is 206 cm³/mol. The molecule has 2 bridgehead atoms. The van der Waals surface area contributed by atoms with Crippen molar-refractivity contribution in [2.75, 3.05) is 13.1 Å². The van der Waals surface area contributed by atoms with Gasteiger partial charge in [-0.25, -0.2) is 0 Å². The number of hydrogen-bond acceptors (Lipinski definition) is 4. The van der Waals surface area contributed by atoms with Crippen LogP contribution in [0.4, 0.5) is 0 Å². The van der Waals surface area contributed by atoms with Gasteiger partial charge >= 0.3 is 0 Å². The van der Waals surface area contributed by atoms with Gasteiger partial charge in [0.1, 0.15) is 0 Å². The molecule has 3 N–H and O–H groups in total. The largest absolute Gasteiger partial charge is 0.393 e. The number of H-pyrrole nitrogens is 1. The molecule has 5 nitrogen and oxygen atoms in total. The zero-order valence-corrected chi connectivity index (χ0v) is 30.0. The second-order valence-corrected chi connectivity index (χ2v) is 15.8. The van der Waals surface area contributed by atoms with Gasteiger partial charge in [0.25, 0.3) is 0 Å². The number of hydrogen-bond donors (Lipinski definition) is 3. The molecule has 0 spiro atoms. The summed E-state index contributed by atoms with van der Waals surface area (Å²) in [5, 5.41) is 25.3. The number of benzene rings is 4. The molecule has 1 saturated carbocycles. The summed E-state index contributed by atoms with van der Waals surface area (Å²) in [4.78, 5) is 20.7. The van der Waals surface area contributed by atoms with Crippen LogP contribution in [0.3, 0.4) is 0 Å². The third kappa shape index (κ3) is 6.41. The van der Waals surface area contributed by atoms with Crippen molar-refractivity contribution in [1.82, 2.24) is 9.88 Å². The summed E-state index contributed by atoms with van der Waals surface area (Å²) in [5.74, 6) is 0.0121. The fourth-order valence-corrected chi connectivity index (χ4v) is 9.55. The minimum atomic E-state index is -0.924. The number of aromatic nitrogens is 1. The number of β-amino-alcohol motifs (C(OH)–C–C–N with tert-alkyl or cyclic N) is 1. The molecular weight excluding hydrogens is 629 g/mol. The van der Waals surface area contributed by atoms with Crippen molar-refractivity contribution >= 4 is 16.7 Å². The smallest absolute Gasteiger partial charge is 0.193 e. The third-order valence-corrected chi connectivity index (χ3v) is 12.6. The SMILES string of the molecule is CC1=CCC[C@@]2(C)[C@@H](CC[C@@]2(O)CN2CCc3c([nH]c4ccccc34)C2)c2ccc(cc2C(=O)c2ccc(-c3ccccc3)cc2)C[C@@H](O)CC1. The van der Waals surface area contributed by atoms with Crippen LogP contribution in [-0.4, -0.2) is 50.7 Å². The number of rotatable bonds is 5. The molecule has 3 aliphatic carbocycles.